The van der Waals surface area contributed by atoms with Crippen LogP contribution in [0.4, 0.5) is 0 Å². The molecular formula is C16H25N7O. The standard InChI is InChI=1S/C16H25N7O/c1-10(2)23-9-12-5-6-13(7-14(12)21-23)20-16(17-4)18-8-15-19-11(3)24-22-15/h9-10,13H,5-8H2,1-4H3,(H2,17,18,20). The molecule has 0 aliphatic heterocycles. The van der Waals surface area contributed by atoms with Gasteiger partial charge in [-0.05, 0) is 32.3 Å². The number of nitrogens with one attached hydrogen (secondary N) is 2. The molecule has 0 spiro atoms. The van der Waals surface area contributed by atoms with Crippen LogP contribution in [0.1, 0.15) is 49.3 Å². The number of guanidine groups is 1. The molecule has 0 bridgehead atoms. The van der Waals surface area contributed by atoms with Gasteiger partial charge in [0.05, 0.1) is 12.2 Å². The van der Waals surface area contributed by atoms with Crippen molar-refractivity contribution in [1.29, 1.82) is 0 Å². The van der Waals surface area contributed by atoms with Gasteiger partial charge in [-0.2, -0.15) is 10.1 Å². The molecule has 3 rings (SSSR count). The summed E-state index contributed by atoms with van der Waals surface area (Å²) in [7, 11) is 1.76. The summed E-state index contributed by atoms with van der Waals surface area (Å²) < 4.78 is 7.02. The van der Waals surface area contributed by atoms with Gasteiger partial charge in [0.25, 0.3) is 0 Å². The number of nitrogens with zero attached hydrogens (tertiary/aromatic N) is 5. The summed E-state index contributed by atoms with van der Waals surface area (Å²) in [5, 5.41) is 15.3. The monoisotopic (exact) mass is 331 g/mol. The highest BCUT2D eigenvalue weighted by atomic mass is 16.5. The molecule has 8 heteroatoms. The largest absolute Gasteiger partial charge is 0.353 e. The predicted molar refractivity (Wildman–Crippen MR) is 90.8 cm³/mol. The Hall–Kier alpha value is -2.38. The molecule has 1 aliphatic rings. The quantitative estimate of drug-likeness (QED) is 0.649. The van der Waals surface area contributed by atoms with E-state index in [2.05, 4.69) is 50.5 Å². The number of rotatable bonds is 4. The number of fused-ring (bicyclic) bond motifs is 1. The van der Waals surface area contributed by atoms with Gasteiger partial charge in [-0.1, -0.05) is 5.16 Å². The first-order chi connectivity index (χ1) is 11.5. The second kappa shape index (κ2) is 7.02. The van der Waals surface area contributed by atoms with Gasteiger partial charge in [0, 0.05) is 38.7 Å². The minimum absolute atomic E-state index is 0.325. The van der Waals surface area contributed by atoms with Crippen molar-refractivity contribution in [2.45, 2.75) is 58.7 Å². The van der Waals surface area contributed by atoms with Gasteiger partial charge in [-0.25, -0.2) is 0 Å². The van der Waals surface area contributed by atoms with Gasteiger partial charge in [-0.3, -0.25) is 9.67 Å². The molecular weight excluding hydrogens is 306 g/mol. The van der Waals surface area contributed by atoms with E-state index >= 15 is 0 Å². The molecule has 0 saturated heterocycles. The van der Waals surface area contributed by atoms with E-state index in [1.54, 1.807) is 14.0 Å². The Bertz CT molecular complexity index is 716. The Balaban J connectivity index is 1.56. The predicted octanol–water partition coefficient (Wildman–Crippen LogP) is 1.38. The fourth-order valence-corrected chi connectivity index (χ4v) is 2.86. The maximum atomic E-state index is 4.97. The van der Waals surface area contributed by atoms with E-state index in [1.165, 1.54) is 11.3 Å². The number of hydrogen-bond donors (Lipinski definition) is 2. The van der Waals surface area contributed by atoms with Gasteiger partial charge in [0.2, 0.25) is 5.89 Å². The third kappa shape index (κ3) is 3.74. The van der Waals surface area contributed by atoms with E-state index in [9.17, 15) is 0 Å². The van der Waals surface area contributed by atoms with Crippen LogP contribution in [0.15, 0.2) is 15.7 Å². The lowest BCUT2D eigenvalue weighted by Crippen LogP contribution is -2.45. The van der Waals surface area contributed by atoms with Crippen molar-refractivity contribution in [3.8, 4) is 0 Å². The van der Waals surface area contributed by atoms with Crippen LogP contribution < -0.4 is 10.6 Å². The summed E-state index contributed by atoms with van der Waals surface area (Å²) >= 11 is 0. The molecule has 1 aliphatic carbocycles. The van der Waals surface area contributed by atoms with Crippen molar-refractivity contribution in [3.63, 3.8) is 0 Å². The molecule has 1 unspecified atom stereocenters. The van der Waals surface area contributed by atoms with Gasteiger partial charge < -0.3 is 15.2 Å². The third-order valence-corrected chi connectivity index (χ3v) is 4.17. The Morgan fingerprint density at radius 3 is 3.00 bits per heavy atom. The summed E-state index contributed by atoms with van der Waals surface area (Å²) in [5.41, 5.74) is 2.56. The SMILES string of the molecule is CN=C(NCc1noc(C)n1)NC1CCc2cn(C(C)C)nc2C1. The molecule has 2 N–H and O–H groups in total. The smallest absolute Gasteiger partial charge is 0.223 e. The minimum Gasteiger partial charge on any atom is -0.353 e. The Morgan fingerprint density at radius 1 is 1.50 bits per heavy atom. The molecule has 2 heterocycles. The second-order valence-corrected chi connectivity index (χ2v) is 6.41. The average Bonchev–Trinajstić information content (AvgIpc) is 3.17. The molecule has 8 nitrogen and oxygen atoms in total. The van der Waals surface area contributed by atoms with Gasteiger partial charge in [-0.15, -0.1) is 0 Å². The lowest BCUT2D eigenvalue weighted by atomic mass is 9.94. The normalized spacial score (nSPS) is 17.9. The van der Waals surface area contributed by atoms with Crippen LogP contribution in [0, 0.1) is 6.92 Å². The fraction of sp³-hybridized carbons (Fsp3) is 0.625. The molecule has 1 atom stereocenters. The number of hydrogen-bond acceptors (Lipinski definition) is 5. The van der Waals surface area contributed by atoms with Gasteiger partial charge >= 0.3 is 0 Å². The van der Waals surface area contributed by atoms with E-state index < -0.39 is 0 Å². The van der Waals surface area contributed by atoms with Crippen molar-refractivity contribution < 1.29 is 4.52 Å². The Labute approximate surface area is 141 Å². The van der Waals surface area contributed by atoms with Gasteiger partial charge in [0.15, 0.2) is 11.8 Å². The molecule has 0 saturated carbocycles. The molecule has 2 aromatic heterocycles. The number of aryl methyl sites for hydroxylation is 2. The molecule has 0 aromatic carbocycles. The molecule has 0 amide bonds. The van der Waals surface area contributed by atoms with Crippen molar-refractivity contribution in [1.82, 2.24) is 30.6 Å². The molecule has 2 aromatic rings. The van der Waals surface area contributed by atoms with Crippen molar-refractivity contribution >= 4 is 5.96 Å². The van der Waals surface area contributed by atoms with Crippen molar-refractivity contribution in [2.75, 3.05) is 7.05 Å². The first-order valence-electron chi connectivity index (χ1n) is 8.38. The second-order valence-electron chi connectivity index (χ2n) is 6.41. The van der Waals surface area contributed by atoms with E-state index in [0.29, 0.717) is 30.3 Å². The van der Waals surface area contributed by atoms with Crippen LogP contribution in [0.2, 0.25) is 0 Å². The minimum atomic E-state index is 0.325. The molecule has 0 fully saturated rings. The van der Waals surface area contributed by atoms with Gasteiger partial charge in [0.1, 0.15) is 0 Å². The summed E-state index contributed by atoms with van der Waals surface area (Å²) in [6.07, 6.45) is 5.21. The van der Waals surface area contributed by atoms with E-state index in [0.717, 1.165) is 25.2 Å². The zero-order chi connectivity index (χ0) is 17.1. The van der Waals surface area contributed by atoms with Crippen LogP contribution in [0.25, 0.3) is 0 Å². The van der Waals surface area contributed by atoms with E-state index in [1.807, 2.05) is 0 Å². The van der Waals surface area contributed by atoms with Crippen LogP contribution in [-0.2, 0) is 19.4 Å². The first kappa shape index (κ1) is 16.5. The number of aromatic nitrogens is 4. The summed E-state index contributed by atoms with van der Waals surface area (Å²) in [6.45, 7) is 6.57. The lowest BCUT2D eigenvalue weighted by Gasteiger charge is -2.24. The molecule has 0 radical (unpaired) electrons. The topological polar surface area (TPSA) is 93.2 Å². The van der Waals surface area contributed by atoms with E-state index in [4.69, 9.17) is 9.62 Å². The van der Waals surface area contributed by atoms with Crippen LogP contribution in [0.3, 0.4) is 0 Å². The average molecular weight is 331 g/mol. The van der Waals surface area contributed by atoms with Crippen molar-refractivity contribution in [3.05, 3.63) is 29.2 Å². The maximum absolute atomic E-state index is 4.97. The zero-order valence-electron chi connectivity index (χ0n) is 14.7. The van der Waals surface area contributed by atoms with Crippen molar-refractivity contribution in [2.24, 2.45) is 4.99 Å². The van der Waals surface area contributed by atoms with Crippen LogP contribution in [-0.4, -0.2) is 39.0 Å². The number of aliphatic imine (C=N–C) groups is 1. The summed E-state index contributed by atoms with van der Waals surface area (Å²) in [5.74, 6) is 1.93. The van der Waals surface area contributed by atoms with Crippen LogP contribution >= 0.6 is 0 Å². The highest BCUT2D eigenvalue weighted by molar-refractivity contribution is 5.79. The lowest BCUT2D eigenvalue weighted by molar-refractivity contribution is 0.386. The van der Waals surface area contributed by atoms with E-state index in [-0.39, 0.29) is 0 Å². The maximum Gasteiger partial charge on any atom is 0.223 e. The van der Waals surface area contributed by atoms with Crippen LogP contribution in [0.5, 0.6) is 0 Å². The Morgan fingerprint density at radius 2 is 2.33 bits per heavy atom. The molecule has 130 valence electrons. The zero-order valence-corrected chi connectivity index (χ0v) is 14.7. The highest BCUT2D eigenvalue weighted by Gasteiger charge is 2.23. The molecule has 24 heavy (non-hydrogen) atoms. The Kier molecular flexibility index (Phi) is 4.82. The third-order valence-electron chi connectivity index (χ3n) is 4.17. The summed E-state index contributed by atoms with van der Waals surface area (Å²) in [6, 6.07) is 0.723. The highest BCUT2D eigenvalue weighted by Crippen LogP contribution is 2.21. The fourth-order valence-electron chi connectivity index (χ4n) is 2.86. The summed E-state index contributed by atoms with van der Waals surface area (Å²) in [4.78, 5) is 8.45. The first-order valence-corrected chi connectivity index (χ1v) is 8.38.